The fourth-order valence-electron chi connectivity index (χ4n) is 3.59. The number of para-hydroxylation sites is 1. The SMILES string of the molecule is CCC(F)(F)c1cccc2c1OCCC(C)c1nc(c3cccnc3n1)N[C@@H]2C. The smallest absolute Gasteiger partial charge is 0.276 e. The van der Waals surface area contributed by atoms with E-state index in [0.29, 0.717) is 35.9 Å². The van der Waals surface area contributed by atoms with Crippen molar-refractivity contribution in [3.63, 3.8) is 0 Å². The van der Waals surface area contributed by atoms with Crippen LogP contribution in [0.15, 0.2) is 36.5 Å². The zero-order valence-corrected chi connectivity index (χ0v) is 16.7. The molecule has 1 N–H and O–H groups in total. The van der Waals surface area contributed by atoms with Gasteiger partial charge >= 0.3 is 0 Å². The Labute approximate surface area is 168 Å². The fraction of sp³-hybridized carbons (Fsp3) is 0.409. The van der Waals surface area contributed by atoms with Crippen LogP contribution in [0, 0.1) is 0 Å². The summed E-state index contributed by atoms with van der Waals surface area (Å²) in [4.78, 5) is 13.7. The highest BCUT2D eigenvalue weighted by Crippen LogP contribution is 2.42. The monoisotopic (exact) mass is 398 g/mol. The minimum atomic E-state index is -2.95. The van der Waals surface area contributed by atoms with Crippen molar-refractivity contribution < 1.29 is 13.5 Å². The molecular weight excluding hydrogens is 374 g/mol. The summed E-state index contributed by atoms with van der Waals surface area (Å²) in [6, 6.07) is 8.39. The third kappa shape index (κ3) is 3.61. The Morgan fingerprint density at radius 3 is 2.79 bits per heavy atom. The topological polar surface area (TPSA) is 59.9 Å². The number of fused-ring (bicyclic) bond motifs is 5. The van der Waals surface area contributed by atoms with Gasteiger partial charge < -0.3 is 10.1 Å². The maximum Gasteiger partial charge on any atom is 0.276 e. The first-order chi connectivity index (χ1) is 13.9. The molecule has 7 heteroatoms. The maximum atomic E-state index is 14.6. The lowest BCUT2D eigenvalue weighted by molar-refractivity contribution is -0.0111. The highest BCUT2D eigenvalue weighted by molar-refractivity contribution is 5.86. The Morgan fingerprint density at radius 2 is 2.00 bits per heavy atom. The molecule has 0 saturated heterocycles. The van der Waals surface area contributed by atoms with Crippen molar-refractivity contribution in [3.8, 4) is 5.75 Å². The third-order valence-corrected chi connectivity index (χ3v) is 5.43. The zero-order valence-electron chi connectivity index (χ0n) is 16.7. The number of benzene rings is 1. The van der Waals surface area contributed by atoms with E-state index in [4.69, 9.17) is 9.72 Å². The largest absolute Gasteiger partial charge is 0.493 e. The number of hydrogen-bond donors (Lipinski definition) is 1. The van der Waals surface area contributed by atoms with E-state index in [1.807, 2.05) is 32.0 Å². The van der Waals surface area contributed by atoms with Crippen LogP contribution in [-0.4, -0.2) is 21.6 Å². The minimum absolute atomic E-state index is 0.00217. The van der Waals surface area contributed by atoms with E-state index >= 15 is 0 Å². The van der Waals surface area contributed by atoms with E-state index in [0.717, 1.165) is 5.39 Å². The van der Waals surface area contributed by atoms with E-state index in [1.54, 1.807) is 12.3 Å². The van der Waals surface area contributed by atoms with Gasteiger partial charge in [-0.25, -0.2) is 23.7 Å². The molecule has 4 rings (SSSR count). The molecule has 0 amide bonds. The number of hydrogen-bond acceptors (Lipinski definition) is 5. The van der Waals surface area contributed by atoms with Gasteiger partial charge in [-0.2, -0.15) is 0 Å². The van der Waals surface area contributed by atoms with Crippen molar-refractivity contribution >= 4 is 16.9 Å². The molecular formula is C22H24F2N4O. The van der Waals surface area contributed by atoms with Crippen LogP contribution in [0.2, 0.25) is 0 Å². The molecule has 3 heterocycles. The van der Waals surface area contributed by atoms with Crippen molar-refractivity contribution in [2.75, 3.05) is 11.9 Å². The molecule has 0 fully saturated rings. The second-order valence-corrected chi connectivity index (χ2v) is 7.49. The number of pyridine rings is 1. The van der Waals surface area contributed by atoms with E-state index in [1.165, 1.54) is 13.0 Å². The molecule has 1 unspecified atom stereocenters. The van der Waals surface area contributed by atoms with E-state index < -0.39 is 5.92 Å². The van der Waals surface area contributed by atoms with Gasteiger partial charge in [-0.05, 0) is 31.5 Å². The van der Waals surface area contributed by atoms with Gasteiger partial charge in [0.2, 0.25) is 0 Å². The van der Waals surface area contributed by atoms with Crippen LogP contribution in [0.25, 0.3) is 11.0 Å². The lowest BCUT2D eigenvalue weighted by Crippen LogP contribution is -2.17. The van der Waals surface area contributed by atoms with Crippen LogP contribution in [-0.2, 0) is 5.92 Å². The molecule has 0 aliphatic carbocycles. The van der Waals surface area contributed by atoms with Gasteiger partial charge in [-0.15, -0.1) is 0 Å². The summed E-state index contributed by atoms with van der Waals surface area (Å²) in [5.74, 6) is -1.38. The molecule has 5 nitrogen and oxygen atoms in total. The van der Waals surface area contributed by atoms with E-state index in [9.17, 15) is 8.78 Å². The number of nitrogens with zero attached hydrogens (tertiary/aromatic N) is 3. The lowest BCUT2D eigenvalue weighted by atomic mass is 9.98. The zero-order chi connectivity index (χ0) is 20.6. The summed E-state index contributed by atoms with van der Waals surface area (Å²) in [6.07, 6.45) is 2.03. The van der Waals surface area contributed by atoms with Crippen molar-refractivity contribution in [1.29, 1.82) is 0 Å². The summed E-state index contributed by atoms with van der Waals surface area (Å²) in [6.45, 7) is 5.71. The molecule has 0 saturated carbocycles. The average molecular weight is 398 g/mol. The molecule has 1 aromatic carbocycles. The van der Waals surface area contributed by atoms with E-state index in [2.05, 4.69) is 15.3 Å². The van der Waals surface area contributed by atoms with Gasteiger partial charge in [-0.1, -0.05) is 26.0 Å². The van der Waals surface area contributed by atoms with Gasteiger partial charge in [0.05, 0.1) is 23.6 Å². The van der Waals surface area contributed by atoms with Crippen LogP contribution < -0.4 is 10.1 Å². The Kier molecular flexibility index (Phi) is 5.06. The minimum Gasteiger partial charge on any atom is -0.493 e. The standard InChI is InChI=1S/C22H24F2N4O/c1-4-22(23,24)17-9-5-7-15-14(3)26-21-16-8-6-11-25-20(16)27-19(28-21)13(2)10-12-29-18(15)17/h5-9,11,13-14H,4,10,12H2,1-3H3,(H,25,26,27,28)/t13?,14-/m1/s1. The number of rotatable bonds is 2. The summed E-state index contributed by atoms with van der Waals surface area (Å²) in [5.41, 5.74) is 1.23. The molecule has 2 atom stereocenters. The van der Waals surface area contributed by atoms with Crippen LogP contribution in [0.5, 0.6) is 5.75 Å². The average Bonchev–Trinajstić information content (AvgIpc) is 2.74. The number of alkyl halides is 2. The number of nitrogens with one attached hydrogen (secondary N) is 1. The Morgan fingerprint density at radius 1 is 1.17 bits per heavy atom. The molecule has 1 aliphatic rings. The third-order valence-electron chi connectivity index (χ3n) is 5.43. The highest BCUT2D eigenvalue weighted by atomic mass is 19.3. The van der Waals surface area contributed by atoms with Crippen molar-refractivity contribution in [2.24, 2.45) is 0 Å². The second-order valence-electron chi connectivity index (χ2n) is 7.49. The molecule has 1 aliphatic heterocycles. The molecule has 0 spiro atoms. The van der Waals surface area contributed by atoms with Gasteiger partial charge in [-0.3, -0.25) is 0 Å². The number of anilines is 1. The van der Waals surface area contributed by atoms with Crippen LogP contribution in [0.3, 0.4) is 0 Å². The van der Waals surface area contributed by atoms with Crippen molar-refractivity contribution in [2.45, 2.75) is 51.5 Å². The van der Waals surface area contributed by atoms with E-state index in [-0.39, 0.29) is 29.7 Å². The molecule has 29 heavy (non-hydrogen) atoms. The number of halogens is 2. The summed E-state index contributed by atoms with van der Waals surface area (Å²) in [5, 5.41) is 4.18. The van der Waals surface area contributed by atoms with Crippen molar-refractivity contribution in [3.05, 3.63) is 53.5 Å². The molecule has 3 aromatic rings. The highest BCUT2D eigenvalue weighted by Gasteiger charge is 2.34. The summed E-state index contributed by atoms with van der Waals surface area (Å²) < 4.78 is 35.2. The number of aromatic nitrogens is 3. The Balaban J connectivity index is 1.87. The van der Waals surface area contributed by atoms with Crippen LogP contribution in [0.1, 0.15) is 62.5 Å². The Hall–Kier alpha value is -2.83. The first kappa shape index (κ1) is 19.5. The van der Waals surface area contributed by atoms with Crippen LogP contribution in [0.4, 0.5) is 14.6 Å². The first-order valence-electron chi connectivity index (χ1n) is 9.94. The molecule has 152 valence electrons. The normalized spacial score (nSPS) is 19.6. The predicted octanol–water partition coefficient (Wildman–Crippen LogP) is 5.59. The van der Waals surface area contributed by atoms with Gasteiger partial charge in [0.15, 0.2) is 5.65 Å². The molecule has 2 aromatic heterocycles. The van der Waals surface area contributed by atoms with Gasteiger partial charge in [0, 0.05) is 24.1 Å². The summed E-state index contributed by atoms with van der Waals surface area (Å²) >= 11 is 0. The number of ether oxygens (including phenoxy) is 1. The first-order valence-corrected chi connectivity index (χ1v) is 9.94. The molecule has 0 radical (unpaired) electrons. The summed E-state index contributed by atoms with van der Waals surface area (Å²) in [7, 11) is 0. The second kappa shape index (κ2) is 7.54. The quantitative estimate of drug-likeness (QED) is 0.610. The lowest BCUT2D eigenvalue weighted by Gasteiger charge is -2.24. The van der Waals surface area contributed by atoms with Gasteiger partial charge in [0.25, 0.3) is 5.92 Å². The van der Waals surface area contributed by atoms with Crippen molar-refractivity contribution in [1.82, 2.24) is 15.0 Å². The van der Waals surface area contributed by atoms with Crippen LogP contribution >= 0.6 is 0 Å². The Bertz CT molecular complexity index is 1040. The fourth-order valence-corrected chi connectivity index (χ4v) is 3.59. The maximum absolute atomic E-state index is 14.6. The van der Waals surface area contributed by atoms with Gasteiger partial charge in [0.1, 0.15) is 17.4 Å². The molecule has 2 bridgehead atoms. The predicted molar refractivity (Wildman–Crippen MR) is 109 cm³/mol.